The quantitative estimate of drug-likeness (QED) is 0.133. The van der Waals surface area contributed by atoms with E-state index in [-0.39, 0.29) is 89.9 Å². The summed E-state index contributed by atoms with van der Waals surface area (Å²) in [6.07, 6.45) is 0. The Morgan fingerprint density at radius 2 is 0.627 bits per heavy atom. The highest BCUT2D eigenvalue weighted by Crippen LogP contribution is 2.55. The first-order valence-electron chi connectivity index (χ1n) is 46.7. The molecule has 1 aromatic heterocycles. The summed E-state index contributed by atoms with van der Waals surface area (Å²) in [6.45, 7) is 30.6. The number of benzene rings is 13. The molecule has 0 N–H and O–H groups in total. The van der Waals surface area contributed by atoms with Gasteiger partial charge in [-0.25, -0.2) is 0 Å². The van der Waals surface area contributed by atoms with E-state index in [1.165, 1.54) is 36.4 Å². The third kappa shape index (κ3) is 11.6. The molecule has 0 radical (unpaired) electrons. The van der Waals surface area contributed by atoms with Crippen molar-refractivity contribution in [1.82, 2.24) is 4.57 Å². The Morgan fingerprint density at radius 1 is 0.275 bits per heavy atom. The fourth-order valence-corrected chi connectivity index (χ4v) is 14.7. The molecule has 0 saturated heterocycles. The van der Waals surface area contributed by atoms with Gasteiger partial charge in [0.1, 0.15) is 0 Å². The number of para-hydroxylation sites is 3. The summed E-state index contributed by atoms with van der Waals surface area (Å²) in [4.78, 5) is 3.56. The first kappa shape index (κ1) is 43.9. The van der Waals surface area contributed by atoms with Crippen molar-refractivity contribution in [3.8, 4) is 72.4 Å². The number of hydrogen-bond donors (Lipinski definition) is 0. The van der Waals surface area contributed by atoms with E-state index < -0.39 is 173 Å². The average Bonchev–Trinajstić information content (AvgIpc) is 0.868. The van der Waals surface area contributed by atoms with Gasteiger partial charge in [-0.3, -0.25) is 0 Å². The molecule has 2 aliphatic heterocycles. The van der Waals surface area contributed by atoms with Gasteiger partial charge >= 0.3 is 0 Å². The van der Waals surface area contributed by atoms with Crippen LogP contribution in [0.4, 0.5) is 34.1 Å². The molecule has 0 spiro atoms. The van der Waals surface area contributed by atoms with Crippen LogP contribution in [0.2, 0.25) is 0 Å². The zero-order valence-corrected chi connectivity index (χ0v) is 60.2. The molecule has 0 bridgehead atoms. The molecule has 0 unspecified atom stereocenters. The number of anilines is 6. The highest BCUT2D eigenvalue weighted by atomic mass is 15.2. The van der Waals surface area contributed by atoms with Gasteiger partial charge in [-0.15, -0.1) is 0 Å². The Hall–Kier alpha value is -10.7. The predicted octanol–water partition coefficient (Wildman–Crippen LogP) is 25.4. The van der Waals surface area contributed by atoms with Gasteiger partial charge in [0.05, 0.1) is 61.0 Å². The predicted molar refractivity (Wildman–Crippen MR) is 441 cm³/mol. The standard InChI is InChI=1S/C98H92BN3/c1-94(2,3)71-48-51-86-82(60-71)81-40-28-29-45-85(81)100(86)76-61-89-91-90(62-76)102(93-79(65-36-24-18-25-37-65)43-31-44-80(93)66-38-26-19-27-39-66)88-50-47-68(70-54-74(97(10,11)12)59-75(55-70)98(13,14)15)57-84(88)99(91)83-56-67(69-52-72(95(4,5)6)58-73(53-69)96(7,8)9)46-49-87(83)101(89)92-77(63-32-20-16-21-33-63)41-30-42-78(92)64-34-22-17-23-35-64/h16-62H,1-15H3/i16D,17D,18D,19D,20D,21D,22D,23D,24D,25D,26D,27D,28D,29D,32D,33D,34D,35D,36D,37D,38D,39D,40D,45D. The van der Waals surface area contributed by atoms with Crippen LogP contribution in [0.25, 0.3) is 94.3 Å². The molecular weight excluding hydrogens is 1230 g/mol. The lowest BCUT2D eigenvalue weighted by Crippen LogP contribution is -2.61. The van der Waals surface area contributed by atoms with E-state index in [1.807, 2.05) is 63.2 Å². The van der Waals surface area contributed by atoms with Crippen molar-refractivity contribution in [1.29, 1.82) is 0 Å². The normalized spacial score (nSPS) is 16.5. The van der Waals surface area contributed by atoms with Crippen molar-refractivity contribution >= 4 is 79.0 Å². The zero-order valence-electron chi connectivity index (χ0n) is 84.2. The molecule has 3 heterocycles. The summed E-state index contributed by atoms with van der Waals surface area (Å²) in [7, 11) is 0. The SMILES string of the molecule is [2H]c1c([2H])c([2H])c(-c2cccc(-c3c([2H])c([2H])c([2H])c([2H])c3[2H])c2N2c3ccc(-c4cc(C(C)(C)C)cc(C(C)(C)C)c4)cc3B3c4cc(-c5cc(C(C)(C)C)cc(C(C)(C)C)c5)ccc4N(c4c(-c5c([2H])c([2H])c([2H])c([2H])c5[2H])cccc4-c4c([2H])c([2H])c([2H])c([2H])c4[2H])c4cc(-n5c6ccc(C(C)(C)C)cc6c6c([2H])c([2H])c([2H])c([2H])c65)cc2c43)c([2H])c1[2H]. The average molecular weight is 1350 g/mol. The maximum absolute atomic E-state index is 10.3. The fourth-order valence-electron chi connectivity index (χ4n) is 14.7. The smallest absolute Gasteiger partial charge is 0.252 e. The minimum atomic E-state index is -1.10. The summed E-state index contributed by atoms with van der Waals surface area (Å²) < 4.78 is 233. The molecule has 0 aliphatic carbocycles. The van der Waals surface area contributed by atoms with Gasteiger partial charge in [-0.2, -0.15) is 0 Å². The third-order valence-electron chi connectivity index (χ3n) is 20.2. The van der Waals surface area contributed by atoms with Crippen molar-refractivity contribution < 1.29 is 32.9 Å². The van der Waals surface area contributed by atoms with Crippen LogP contribution in [0.5, 0.6) is 0 Å². The van der Waals surface area contributed by atoms with Crippen LogP contribution in [0.1, 0.15) is 165 Å². The maximum Gasteiger partial charge on any atom is 0.252 e. The van der Waals surface area contributed by atoms with E-state index in [1.54, 1.807) is 26.5 Å². The minimum absolute atomic E-state index is 0.0107. The van der Waals surface area contributed by atoms with Crippen molar-refractivity contribution in [3.63, 3.8) is 0 Å². The molecule has 102 heavy (non-hydrogen) atoms. The summed E-state index contributed by atoms with van der Waals surface area (Å²) in [5, 5.41) is 0.523. The van der Waals surface area contributed by atoms with Gasteiger partial charge < -0.3 is 14.4 Å². The van der Waals surface area contributed by atoms with Crippen molar-refractivity contribution in [2.45, 2.75) is 131 Å². The van der Waals surface area contributed by atoms with Crippen molar-refractivity contribution in [2.75, 3.05) is 9.80 Å². The summed E-state index contributed by atoms with van der Waals surface area (Å²) in [5.41, 5.74) is 6.27. The van der Waals surface area contributed by atoms with Crippen molar-refractivity contribution in [3.05, 3.63) is 312 Å². The van der Waals surface area contributed by atoms with Gasteiger partial charge in [-0.05, 0) is 158 Å². The number of aromatic nitrogens is 1. The molecule has 0 amide bonds. The van der Waals surface area contributed by atoms with E-state index in [0.717, 1.165) is 38.9 Å². The van der Waals surface area contributed by atoms with E-state index >= 15 is 0 Å². The lowest BCUT2D eigenvalue weighted by atomic mass is 9.33. The zero-order chi connectivity index (χ0) is 91.8. The summed E-state index contributed by atoms with van der Waals surface area (Å²) in [6, 6.07) is 27.1. The Bertz CT molecular complexity index is 6440. The lowest BCUT2D eigenvalue weighted by Gasteiger charge is -2.46. The van der Waals surface area contributed by atoms with E-state index in [0.29, 0.717) is 49.8 Å². The third-order valence-corrected chi connectivity index (χ3v) is 20.2. The van der Waals surface area contributed by atoms with Crippen LogP contribution >= 0.6 is 0 Å². The monoisotopic (exact) mass is 1350 g/mol. The Morgan fingerprint density at radius 3 is 0.990 bits per heavy atom. The van der Waals surface area contributed by atoms with Crippen LogP contribution in [-0.2, 0) is 27.1 Å². The number of nitrogens with zero attached hydrogens (tertiary/aromatic N) is 3. The van der Waals surface area contributed by atoms with Gasteiger partial charge in [-0.1, -0.05) is 346 Å². The molecular formula is C98H92BN3. The largest absolute Gasteiger partial charge is 0.310 e. The fraction of sp³-hybridized carbons (Fsp3) is 0.204. The molecule has 4 heteroatoms. The first-order chi connectivity index (χ1) is 58.7. The second-order valence-electron chi connectivity index (χ2n) is 32.1. The molecule has 3 nitrogen and oxygen atoms in total. The highest BCUT2D eigenvalue weighted by molar-refractivity contribution is 7.00. The molecule has 13 aromatic carbocycles. The van der Waals surface area contributed by atoms with Crippen LogP contribution < -0.4 is 26.2 Å². The molecule has 0 fully saturated rings. The van der Waals surface area contributed by atoms with E-state index in [4.69, 9.17) is 5.48 Å². The highest BCUT2D eigenvalue weighted by Gasteiger charge is 2.46. The van der Waals surface area contributed by atoms with Gasteiger partial charge in [0, 0.05) is 55.8 Å². The van der Waals surface area contributed by atoms with E-state index in [2.05, 4.69) is 132 Å². The Labute approximate surface area is 639 Å². The topological polar surface area (TPSA) is 11.4 Å². The first-order valence-corrected chi connectivity index (χ1v) is 34.7. The van der Waals surface area contributed by atoms with Gasteiger partial charge in [0.25, 0.3) is 6.71 Å². The number of fused-ring (bicyclic) bond motifs is 7. The second-order valence-corrected chi connectivity index (χ2v) is 32.1. The summed E-state index contributed by atoms with van der Waals surface area (Å²) in [5.74, 6) is 0. The Kier molecular flexibility index (Phi) is 10.6. The summed E-state index contributed by atoms with van der Waals surface area (Å²) >= 11 is 0. The van der Waals surface area contributed by atoms with Crippen LogP contribution in [0, 0.1) is 0 Å². The number of rotatable bonds is 9. The Balaban J connectivity index is 1.23. The molecule has 0 saturated carbocycles. The minimum Gasteiger partial charge on any atom is -0.310 e. The number of hydrogen-bond acceptors (Lipinski definition) is 2. The molecule has 502 valence electrons. The molecule has 16 rings (SSSR count). The van der Waals surface area contributed by atoms with Crippen LogP contribution in [-0.4, -0.2) is 11.3 Å². The van der Waals surface area contributed by atoms with Crippen LogP contribution in [0.3, 0.4) is 0 Å². The lowest BCUT2D eigenvalue weighted by molar-refractivity contribution is 0.568. The molecule has 14 aromatic rings. The van der Waals surface area contributed by atoms with Crippen molar-refractivity contribution in [2.24, 2.45) is 0 Å². The van der Waals surface area contributed by atoms with E-state index in [9.17, 15) is 27.4 Å². The van der Waals surface area contributed by atoms with Gasteiger partial charge in [0.2, 0.25) is 0 Å². The molecule has 0 atom stereocenters. The molecule has 2 aliphatic rings. The van der Waals surface area contributed by atoms with Crippen LogP contribution in [0.15, 0.2) is 285 Å². The second kappa shape index (κ2) is 24.6. The van der Waals surface area contributed by atoms with Gasteiger partial charge in [0.15, 0.2) is 0 Å². The maximum atomic E-state index is 10.3.